The number of aliphatic hydroxyl groups is 1. The number of carbonyl (C=O) groups excluding carboxylic acids is 1. The molecule has 17 heavy (non-hydrogen) atoms. The summed E-state index contributed by atoms with van der Waals surface area (Å²) in [7, 11) is 0. The summed E-state index contributed by atoms with van der Waals surface area (Å²) in [5.41, 5.74) is 0.415. The molecule has 0 fully saturated rings. The third kappa shape index (κ3) is 8.41. The molecule has 0 aromatic rings. The summed E-state index contributed by atoms with van der Waals surface area (Å²) in [5.74, 6) is -1.13. The molecular formula is C11H20N2O4. The highest BCUT2D eigenvalue weighted by Crippen LogP contribution is 1.92. The smallest absolute Gasteiger partial charge is 0.304 e. The molecule has 0 aliphatic carbocycles. The van der Waals surface area contributed by atoms with Gasteiger partial charge in [-0.25, -0.2) is 0 Å². The lowest BCUT2D eigenvalue weighted by Gasteiger charge is -2.18. The van der Waals surface area contributed by atoms with Crippen LogP contribution in [0.1, 0.15) is 19.8 Å². The van der Waals surface area contributed by atoms with Crippen molar-refractivity contribution in [2.24, 2.45) is 0 Å². The molecule has 1 unspecified atom stereocenters. The number of carboxylic acids is 1. The summed E-state index contributed by atoms with van der Waals surface area (Å²) in [6.07, 6.45) is 0.465. The Kier molecular flexibility index (Phi) is 8.00. The maximum absolute atomic E-state index is 11.2. The molecular weight excluding hydrogens is 224 g/mol. The predicted molar refractivity (Wildman–Crippen MR) is 63.6 cm³/mol. The quantitative estimate of drug-likeness (QED) is 0.410. The van der Waals surface area contributed by atoms with Gasteiger partial charge in [0, 0.05) is 31.3 Å². The summed E-state index contributed by atoms with van der Waals surface area (Å²) >= 11 is 0. The first kappa shape index (κ1) is 15.6. The largest absolute Gasteiger partial charge is 0.481 e. The standard InChI is InChI=1S/C11H20N2O4/c1-8(2)11(17)13-7-9(4-6-14)12-5-3-10(15)16/h9,12,14H,1,3-7H2,2H3,(H,13,17)(H,15,16). The summed E-state index contributed by atoms with van der Waals surface area (Å²) in [6.45, 7) is 5.74. The normalized spacial score (nSPS) is 11.9. The Bertz CT molecular complexity index is 279. The van der Waals surface area contributed by atoms with Crippen LogP contribution >= 0.6 is 0 Å². The van der Waals surface area contributed by atoms with Crippen LogP contribution in [0.5, 0.6) is 0 Å². The third-order valence-corrected chi connectivity index (χ3v) is 2.15. The van der Waals surface area contributed by atoms with Gasteiger partial charge in [-0.05, 0) is 13.3 Å². The number of nitrogens with one attached hydrogen (secondary N) is 2. The molecule has 6 heteroatoms. The van der Waals surface area contributed by atoms with E-state index in [4.69, 9.17) is 10.2 Å². The lowest BCUT2D eigenvalue weighted by atomic mass is 10.2. The zero-order valence-corrected chi connectivity index (χ0v) is 10.0. The Balaban J connectivity index is 3.93. The zero-order valence-electron chi connectivity index (χ0n) is 10.0. The van der Waals surface area contributed by atoms with E-state index in [-0.39, 0.29) is 25.0 Å². The van der Waals surface area contributed by atoms with Crippen molar-refractivity contribution in [3.8, 4) is 0 Å². The third-order valence-electron chi connectivity index (χ3n) is 2.15. The van der Waals surface area contributed by atoms with Gasteiger partial charge in [0.05, 0.1) is 6.42 Å². The minimum Gasteiger partial charge on any atom is -0.481 e. The Labute approximate surface area is 101 Å². The summed E-state index contributed by atoms with van der Waals surface area (Å²) in [5, 5.41) is 22.9. The lowest BCUT2D eigenvalue weighted by molar-refractivity contribution is -0.136. The molecule has 0 spiro atoms. The van der Waals surface area contributed by atoms with Crippen LogP contribution in [0.15, 0.2) is 12.2 Å². The van der Waals surface area contributed by atoms with Crippen LogP contribution < -0.4 is 10.6 Å². The van der Waals surface area contributed by atoms with Crippen molar-refractivity contribution in [2.75, 3.05) is 19.7 Å². The van der Waals surface area contributed by atoms with Gasteiger partial charge in [-0.15, -0.1) is 0 Å². The highest BCUT2D eigenvalue weighted by molar-refractivity contribution is 5.92. The number of aliphatic carboxylic acids is 1. The molecule has 0 aliphatic heterocycles. The SMILES string of the molecule is C=C(C)C(=O)NCC(CCO)NCCC(=O)O. The maximum atomic E-state index is 11.2. The Hall–Kier alpha value is -1.40. The van der Waals surface area contributed by atoms with Gasteiger partial charge in [0.15, 0.2) is 0 Å². The fourth-order valence-corrected chi connectivity index (χ4v) is 1.18. The molecule has 0 radical (unpaired) electrons. The highest BCUT2D eigenvalue weighted by atomic mass is 16.4. The average Bonchev–Trinajstić information content (AvgIpc) is 2.24. The molecule has 6 nitrogen and oxygen atoms in total. The summed E-state index contributed by atoms with van der Waals surface area (Å²) in [6, 6.07) is -0.136. The zero-order chi connectivity index (χ0) is 13.3. The van der Waals surface area contributed by atoms with Crippen molar-refractivity contribution in [3.05, 3.63) is 12.2 Å². The van der Waals surface area contributed by atoms with E-state index in [0.717, 1.165) is 0 Å². The maximum Gasteiger partial charge on any atom is 0.304 e. The minimum absolute atomic E-state index is 0.0103. The van der Waals surface area contributed by atoms with Crippen LogP contribution in [-0.2, 0) is 9.59 Å². The van der Waals surface area contributed by atoms with Crippen molar-refractivity contribution in [1.82, 2.24) is 10.6 Å². The fourth-order valence-electron chi connectivity index (χ4n) is 1.18. The molecule has 1 amide bonds. The second-order valence-corrected chi connectivity index (χ2v) is 3.80. The number of carboxylic acid groups (broad SMARTS) is 1. The van der Waals surface area contributed by atoms with Crippen LogP contribution in [-0.4, -0.2) is 47.8 Å². The van der Waals surface area contributed by atoms with E-state index < -0.39 is 5.97 Å². The first-order valence-corrected chi connectivity index (χ1v) is 5.47. The molecule has 0 saturated heterocycles. The summed E-state index contributed by atoms with van der Waals surface area (Å²) < 4.78 is 0. The first-order chi connectivity index (χ1) is 7.97. The van der Waals surface area contributed by atoms with Crippen molar-refractivity contribution < 1.29 is 19.8 Å². The van der Waals surface area contributed by atoms with Gasteiger partial charge < -0.3 is 20.8 Å². The van der Waals surface area contributed by atoms with Crippen LogP contribution in [0, 0.1) is 0 Å². The summed E-state index contributed by atoms with van der Waals surface area (Å²) in [4.78, 5) is 21.6. The van der Waals surface area contributed by atoms with Crippen LogP contribution in [0.2, 0.25) is 0 Å². The van der Waals surface area contributed by atoms with Gasteiger partial charge in [0.25, 0.3) is 0 Å². The number of amides is 1. The number of hydrogen-bond donors (Lipinski definition) is 4. The molecule has 0 heterocycles. The van der Waals surface area contributed by atoms with Gasteiger partial charge in [-0.2, -0.15) is 0 Å². The van der Waals surface area contributed by atoms with Crippen molar-refractivity contribution >= 4 is 11.9 Å². The number of carbonyl (C=O) groups is 2. The minimum atomic E-state index is -0.883. The molecule has 0 aliphatic rings. The van der Waals surface area contributed by atoms with E-state index >= 15 is 0 Å². The van der Waals surface area contributed by atoms with Gasteiger partial charge in [-0.3, -0.25) is 9.59 Å². The number of rotatable bonds is 9. The molecule has 0 rings (SSSR count). The molecule has 98 valence electrons. The Morgan fingerprint density at radius 2 is 2.06 bits per heavy atom. The molecule has 0 saturated carbocycles. The second-order valence-electron chi connectivity index (χ2n) is 3.80. The Morgan fingerprint density at radius 1 is 1.41 bits per heavy atom. The van der Waals surface area contributed by atoms with E-state index in [0.29, 0.717) is 25.1 Å². The first-order valence-electron chi connectivity index (χ1n) is 5.47. The van der Waals surface area contributed by atoms with Crippen LogP contribution in [0.25, 0.3) is 0 Å². The molecule has 0 bridgehead atoms. The average molecular weight is 244 g/mol. The van der Waals surface area contributed by atoms with Gasteiger partial charge in [0.1, 0.15) is 0 Å². The molecule has 4 N–H and O–H groups in total. The van der Waals surface area contributed by atoms with Gasteiger partial charge >= 0.3 is 5.97 Å². The van der Waals surface area contributed by atoms with E-state index in [1.54, 1.807) is 6.92 Å². The van der Waals surface area contributed by atoms with E-state index in [1.165, 1.54) is 0 Å². The predicted octanol–water partition coefficient (Wildman–Crippen LogP) is -0.506. The van der Waals surface area contributed by atoms with Crippen LogP contribution in [0.4, 0.5) is 0 Å². The Morgan fingerprint density at radius 3 is 2.53 bits per heavy atom. The van der Waals surface area contributed by atoms with E-state index in [1.807, 2.05) is 0 Å². The second kappa shape index (κ2) is 8.72. The topological polar surface area (TPSA) is 98.7 Å². The molecule has 1 atom stereocenters. The van der Waals surface area contributed by atoms with Gasteiger partial charge in [0.2, 0.25) is 5.91 Å². The number of hydrogen-bond acceptors (Lipinski definition) is 4. The van der Waals surface area contributed by atoms with Gasteiger partial charge in [-0.1, -0.05) is 6.58 Å². The fraction of sp³-hybridized carbons (Fsp3) is 0.636. The van der Waals surface area contributed by atoms with Crippen molar-refractivity contribution in [1.29, 1.82) is 0 Å². The highest BCUT2D eigenvalue weighted by Gasteiger charge is 2.10. The van der Waals surface area contributed by atoms with Crippen LogP contribution in [0.3, 0.4) is 0 Å². The number of aliphatic hydroxyl groups excluding tert-OH is 1. The van der Waals surface area contributed by atoms with E-state index in [2.05, 4.69) is 17.2 Å². The molecule has 0 aromatic carbocycles. The van der Waals surface area contributed by atoms with E-state index in [9.17, 15) is 9.59 Å². The monoisotopic (exact) mass is 244 g/mol. The van der Waals surface area contributed by atoms with Crippen molar-refractivity contribution in [2.45, 2.75) is 25.8 Å². The lowest BCUT2D eigenvalue weighted by Crippen LogP contribution is -2.42. The van der Waals surface area contributed by atoms with Crippen molar-refractivity contribution in [3.63, 3.8) is 0 Å². The molecule has 0 aromatic heterocycles.